The Morgan fingerprint density at radius 3 is 2.32 bits per heavy atom. The highest BCUT2D eigenvalue weighted by Crippen LogP contribution is 2.28. The van der Waals surface area contributed by atoms with Crippen molar-refractivity contribution in [1.29, 1.82) is 0 Å². The summed E-state index contributed by atoms with van der Waals surface area (Å²) in [6.07, 6.45) is -4.55. The molecule has 4 N–H and O–H groups in total. The first-order valence-corrected chi connectivity index (χ1v) is 8.51. The van der Waals surface area contributed by atoms with E-state index in [4.69, 9.17) is 0 Å². The highest BCUT2D eigenvalue weighted by Gasteiger charge is 2.33. The van der Waals surface area contributed by atoms with E-state index in [0.717, 1.165) is 11.8 Å². The van der Waals surface area contributed by atoms with Crippen molar-refractivity contribution in [3.05, 3.63) is 41.6 Å². The number of carbonyl (C=O) groups is 1. The van der Waals surface area contributed by atoms with Gasteiger partial charge in [-0.2, -0.15) is 18.3 Å². The van der Waals surface area contributed by atoms with Crippen LogP contribution in [-0.4, -0.2) is 35.7 Å². The number of guanidine groups is 1. The fourth-order valence-corrected chi connectivity index (χ4v) is 2.05. The number of benzene rings is 1. The molecule has 0 saturated carbocycles. The van der Waals surface area contributed by atoms with E-state index in [0.29, 0.717) is 12.1 Å². The standard InChI is InChI=1S/C18H23F3N6O/c1-17(2,3)10-23-16(24-14-9-13(26-27-14)18(19,20)21)25-15(28)11-5-7-12(22-4)8-6-11/h5-9,22H,10H2,1-4H3,(H3,23,24,25,26,27,28). The maximum Gasteiger partial charge on any atom is 0.432 e. The van der Waals surface area contributed by atoms with Crippen LogP contribution in [0.15, 0.2) is 35.3 Å². The van der Waals surface area contributed by atoms with E-state index in [1.807, 2.05) is 25.9 Å². The average Bonchev–Trinajstić information content (AvgIpc) is 3.08. The number of aliphatic imine (C=N–C) groups is 1. The molecular formula is C18H23F3N6O. The van der Waals surface area contributed by atoms with Crippen molar-refractivity contribution in [3.63, 3.8) is 0 Å². The van der Waals surface area contributed by atoms with Crippen LogP contribution in [0, 0.1) is 5.41 Å². The summed E-state index contributed by atoms with van der Waals surface area (Å²) in [6.45, 7) is 6.18. The van der Waals surface area contributed by atoms with Crippen molar-refractivity contribution < 1.29 is 18.0 Å². The minimum atomic E-state index is -4.55. The van der Waals surface area contributed by atoms with E-state index in [2.05, 4.69) is 26.0 Å². The average molecular weight is 396 g/mol. The van der Waals surface area contributed by atoms with Gasteiger partial charge in [0.05, 0.1) is 0 Å². The molecule has 1 aromatic carbocycles. The van der Waals surface area contributed by atoms with Gasteiger partial charge in [-0.05, 0) is 29.7 Å². The lowest BCUT2D eigenvalue weighted by molar-refractivity contribution is -0.141. The number of H-pyrrole nitrogens is 1. The first-order valence-electron chi connectivity index (χ1n) is 8.51. The van der Waals surface area contributed by atoms with Gasteiger partial charge in [0.25, 0.3) is 5.91 Å². The molecule has 7 nitrogen and oxygen atoms in total. The molecule has 28 heavy (non-hydrogen) atoms. The summed E-state index contributed by atoms with van der Waals surface area (Å²) in [6, 6.07) is 7.52. The molecule has 1 heterocycles. The molecule has 10 heteroatoms. The molecule has 1 amide bonds. The third-order valence-corrected chi connectivity index (χ3v) is 3.51. The fraction of sp³-hybridized carbons (Fsp3) is 0.389. The minimum absolute atomic E-state index is 0.0119. The zero-order valence-electron chi connectivity index (χ0n) is 16.0. The van der Waals surface area contributed by atoms with Gasteiger partial charge in [-0.1, -0.05) is 20.8 Å². The van der Waals surface area contributed by atoms with E-state index in [1.54, 1.807) is 31.3 Å². The Bertz CT molecular complexity index is 834. The van der Waals surface area contributed by atoms with E-state index >= 15 is 0 Å². The second kappa shape index (κ2) is 8.32. The third-order valence-electron chi connectivity index (χ3n) is 3.51. The van der Waals surface area contributed by atoms with Crippen molar-refractivity contribution >= 4 is 23.4 Å². The predicted molar refractivity (Wildman–Crippen MR) is 102 cm³/mol. The van der Waals surface area contributed by atoms with Crippen molar-refractivity contribution in [1.82, 2.24) is 15.5 Å². The summed E-state index contributed by atoms with van der Waals surface area (Å²) >= 11 is 0. The SMILES string of the molecule is CNc1ccc(C(=O)NC(=NCC(C)(C)C)Nc2cc(C(F)(F)F)[nH]n2)cc1. The van der Waals surface area contributed by atoms with Gasteiger partial charge in [0.2, 0.25) is 5.96 Å². The Labute approximate surface area is 160 Å². The molecule has 0 aliphatic carbocycles. The Kier molecular flexibility index (Phi) is 6.32. The van der Waals surface area contributed by atoms with Crippen molar-refractivity contribution in [2.24, 2.45) is 10.4 Å². The Balaban J connectivity index is 2.19. The highest BCUT2D eigenvalue weighted by atomic mass is 19.4. The first kappa shape index (κ1) is 21.3. The number of rotatable bonds is 4. The summed E-state index contributed by atoms with van der Waals surface area (Å²) in [5.74, 6) is -0.543. The second-order valence-electron chi connectivity index (χ2n) is 7.30. The number of hydrogen-bond donors (Lipinski definition) is 4. The van der Waals surface area contributed by atoms with Crippen LogP contribution in [-0.2, 0) is 6.18 Å². The zero-order valence-corrected chi connectivity index (χ0v) is 16.0. The zero-order chi connectivity index (χ0) is 20.9. The Morgan fingerprint density at radius 2 is 1.82 bits per heavy atom. The first-order chi connectivity index (χ1) is 13.0. The largest absolute Gasteiger partial charge is 0.432 e. The molecule has 1 aromatic heterocycles. The van der Waals surface area contributed by atoms with Gasteiger partial charge in [-0.3, -0.25) is 20.2 Å². The number of halogens is 3. The molecule has 0 aliphatic rings. The quantitative estimate of drug-likeness (QED) is 0.468. The van der Waals surface area contributed by atoms with Crippen molar-refractivity contribution in [3.8, 4) is 0 Å². The van der Waals surface area contributed by atoms with Crippen molar-refractivity contribution in [2.75, 3.05) is 24.2 Å². The summed E-state index contributed by atoms with van der Waals surface area (Å²) in [5, 5.41) is 13.6. The summed E-state index contributed by atoms with van der Waals surface area (Å²) in [7, 11) is 1.76. The molecule has 2 rings (SSSR count). The van der Waals surface area contributed by atoms with Gasteiger partial charge in [0.15, 0.2) is 5.82 Å². The predicted octanol–water partition coefficient (Wildman–Crippen LogP) is 3.71. The maximum absolute atomic E-state index is 12.7. The van der Waals surface area contributed by atoms with Gasteiger partial charge < -0.3 is 10.6 Å². The van der Waals surface area contributed by atoms with Crippen LogP contribution >= 0.6 is 0 Å². The maximum atomic E-state index is 12.7. The monoisotopic (exact) mass is 396 g/mol. The second-order valence-corrected chi connectivity index (χ2v) is 7.30. The summed E-state index contributed by atoms with van der Waals surface area (Å²) in [4.78, 5) is 16.8. The van der Waals surface area contributed by atoms with Crippen LogP contribution in [0.2, 0.25) is 0 Å². The normalized spacial score (nSPS) is 12.6. The molecule has 0 radical (unpaired) electrons. The lowest BCUT2D eigenvalue weighted by Gasteiger charge is -2.16. The van der Waals surface area contributed by atoms with Gasteiger partial charge in [-0.15, -0.1) is 0 Å². The van der Waals surface area contributed by atoms with E-state index < -0.39 is 17.8 Å². The van der Waals surface area contributed by atoms with Crippen LogP contribution in [0.1, 0.15) is 36.8 Å². The number of nitrogens with one attached hydrogen (secondary N) is 4. The van der Waals surface area contributed by atoms with Crippen molar-refractivity contribution in [2.45, 2.75) is 26.9 Å². The third kappa shape index (κ3) is 6.29. The molecule has 2 aromatic rings. The van der Waals surface area contributed by atoms with Gasteiger partial charge in [0, 0.05) is 30.9 Å². The summed E-state index contributed by atoms with van der Waals surface area (Å²) < 4.78 is 38.2. The molecule has 0 unspecified atom stereocenters. The van der Waals surface area contributed by atoms with E-state index in [9.17, 15) is 18.0 Å². The number of alkyl halides is 3. The molecule has 0 bridgehead atoms. The van der Waals surface area contributed by atoms with Crippen LogP contribution < -0.4 is 16.0 Å². The highest BCUT2D eigenvalue weighted by molar-refractivity contribution is 6.09. The Hall–Kier alpha value is -3.04. The molecule has 0 fully saturated rings. The van der Waals surface area contributed by atoms with E-state index in [-0.39, 0.29) is 17.2 Å². The number of hydrogen-bond acceptors (Lipinski definition) is 4. The molecule has 0 saturated heterocycles. The number of anilines is 2. The molecule has 0 aliphatic heterocycles. The van der Waals surface area contributed by atoms with E-state index in [1.165, 1.54) is 0 Å². The smallest absolute Gasteiger partial charge is 0.388 e. The molecule has 0 spiro atoms. The minimum Gasteiger partial charge on any atom is -0.388 e. The van der Waals surface area contributed by atoms with Crippen LogP contribution in [0.25, 0.3) is 0 Å². The van der Waals surface area contributed by atoms with Crippen LogP contribution in [0.3, 0.4) is 0 Å². The van der Waals surface area contributed by atoms with Crippen LogP contribution in [0.4, 0.5) is 24.7 Å². The summed E-state index contributed by atoms with van der Waals surface area (Å²) in [5.41, 5.74) is 0.0309. The topological polar surface area (TPSA) is 94.2 Å². The number of amides is 1. The fourth-order valence-electron chi connectivity index (χ4n) is 2.05. The number of carbonyl (C=O) groups excluding carboxylic acids is 1. The lowest BCUT2D eigenvalue weighted by atomic mass is 9.97. The lowest BCUT2D eigenvalue weighted by Crippen LogP contribution is -2.37. The molecular weight excluding hydrogens is 373 g/mol. The Morgan fingerprint density at radius 1 is 1.18 bits per heavy atom. The molecule has 0 atom stereocenters. The number of aromatic nitrogens is 2. The van der Waals surface area contributed by atoms with Gasteiger partial charge >= 0.3 is 6.18 Å². The van der Waals surface area contributed by atoms with Crippen LogP contribution in [0.5, 0.6) is 0 Å². The van der Waals surface area contributed by atoms with Gasteiger partial charge in [0.1, 0.15) is 5.69 Å². The van der Waals surface area contributed by atoms with Gasteiger partial charge in [-0.25, -0.2) is 0 Å². The number of aromatic amines is 1. The molecule has 152 valence electrons. The number of nitrogens with zero attached hydrogens (tertiary/aromatic N) is 2.